The number of ketones is 1. The number of rotatable bonds is 8. The number of pyridine rings is 1. The molecule has 2 aromatic rings. The Hall–Kier alpha value is -3.68. The molecule has 8 nitrogen and oxygen atoms in total. The lowest BCUT2D eigenvalue weighted by Crippen LogP contribution is -2.60. The lowest BCUT2D eigenvalue weighted by Gasteiger charge is -2.53. The number of aromatic carboxylic acids is 1. The number of amides is 1. The molecule has 1 unspecified atom stereocenters. The van der Waals surface area contributed by atoms with Crippen LogP contribution in [0.1, 0.15) is 106 Å². The van der Waals surface area contributed by atoms with Crippen molar-refractivity contribution in [3.05, 3.63) is 58.0 Å². The Balaban J connectivity index is 1.74. The maximum absolute atomic E-state index is 14.7. The van der Waals surface area contributed by atoms with Gasteiger partial charge in [-0.05, 0) is 72.9 Å². The fourth-order valence-electron chi connectivity index (χ4n) is 8.33. The smallest absolute Gasteiger partial charge is 0.354 e. The Labute approximate surface area is 267 Å². The van der Waals surface area contributed by atoms with Crippen LogP contribution in [-0.2, 0) is 14.3 Å². The number of hydrogen-bond acceptors (Lipinski definition) is 6. The molecule has 8 heteroatoms. The number of ether oxygens (including phenoxy) is 2. The summed E-state index contributed by atoms with van der Waals surface area (Å²) < 4.78 is 12.8. The van der Waals surface area contributed by atoms with E-state index < -0.39 is 23.9 Å². The number of carboxylic acids is 1. The molecule has 1 fully saturated rings. The molecule has 3 aliphatic rings. The molecular weight excluding hydrogens is 568 g/mol. The summed E-state index contributed by atoms with van der Waals surface area (Å²) in [5, 5.41) is 9.72. The first-order valence-corrected chi connectivity index (χ1v) is 16.3. The van der Waals surface area contributed by atoms with Crippen molar-refractivity contribution in [2.45, 2.75) is 105 Å². The van der Waals surface area contributed by atoms with Gasteiger partial charge in [0.2, 0.25) is 5.91 Å². The highest BCUT2D eigenvalue weighted by Gasteiger charge is 2.56. The van der Waals surface area contributed by atoms with Gasteiger partial charge in [0.05, 0.1) is 18.7 Å². The van der Waals surface area contributed by atoms with E-state index >= 15 is 0 Å². The molecule has 0 radical (unpaired) electrons. The Morgan fingerprint density at radius 3 is 2.51 bits per heavy atom. The fourth-order valence-corrected chi connectivity index (χ4v) is 8.33. The number of hydrogen-bond donors (Lipinski definition) is 1. The lowest BCUT2D eigenvalue weighted by molar-refractivity contribution is -0.158. The monoisotopic (exact) mass is 616 g/mol. The number of likely N-dealkylation sites (tertiary alicyclic amines) is 1. The van der Waals surface area contributed by atoms with Gasteiger partial charge in [0.15, 0.2) is 5.78 Å². The quantitative estimate of drug-likeness (QED) is 0.333. The minimum Gasteiger partial charge on any atom is -0.496 e. The van der Waals surface area contributed by atoms with E-state index in [-0.39, 0.29) is 34.3 Å². The third-order valence-electron chi connectivity index (χ3n) is 10.7. The summed E-state index contributed by atoms with van der Waals surface area (Å²) in [5.74, 6) is -1.02. The van der Waals surface area contributed by atoms with Crippen LogP contribution in [-0.4, -0.2) is 59.0 Å². The van der Waals surface area contributed by atoms with Gasteiger partial charge in [-0.1, -0.05) is 41.0 Å². The summed E-state index contributed by atoms with van der Waals surface area (Å²) >= 11 is 0. The zero-order chi connectivity index (χ0) is 33.0. The van der Waals surface area contributed by atoms with Gasteiger partial charge in [-0.3, -0.25) is 9.59 Å². The van der Waals surface area contributed by atoms with E-state index in [1.54, 1.807) is 13.2 Å². The van der Waals surface area contributed by atoms with Crippen molar-refractivity contribution in [1.82, 2.24) is 9.88 Å². The summed E-state index contributed by atoms with van der Waals surface area (Å²) in [5.41, 5.74) is 3.81. The average Bonchev–Trinajstić information content (AvgIpc) is 2.96. The molecule has 1 aromatic carbocycles. The zero-order valence-electron chi connectivity index (χ0n) is 28.2. The topological polar surface area (TPSA) is 106 Å². The van der Waals surface area contributed by atoms with Crippen LogP contribution in [0.15, 0.2) is 35.6 Å². The molecule has 2 aliphatic heterocycles. The maximum atomic E-state index is 14.7. The van der Waals surface area contributed by atoms with Gasteiger partial charge in [-0.2, -0.15) is 0 Å². The molecule has 5 atom stereocenters. The minimum atomic E-state index is -1.10. The lowest BCUT2D eigenvalue weighted by atomic mass is 9.62. The van der Waals surface area contributed by atoms with Crippen molar-refractivity contribution in [2.75, 3.05) is 14.2 Å². The van der Waals surface area contributed by atoms with Crippen molar-refractivity contribution >= 4 is 17.7 Å². The van der Waals surface area contributed by atoms with Crippen LogP contribution in [0.2, 0.25) is 0 Å². The Bertz CT molecular complexity index is 1570. The molecule has 0 saturated carbocycles. The first-order chi connectivity index (χ1) is 21.2. The van der Waals surface area contributed by atoms with E-state index in [9.17, 15) is 19.5 Å². The van der Waals surface area contributed by atoms with Crippen LogP contribution in [0.3, 0.4) is 0 Å². The number of nitrogens with zero attached hydrogens (tertiary/aromatic N) is 2. The third-order valence-corrected chi connectivity index (χ3v) is 10.7. The second-order valence-corrected chi connectivity index (χ2v) is 14.5. The van der Waals surface area contributed by atoms with E-state index in [0.29, 0.717) is 42.0 Å². The molecule has 1 amide bonds. The zero-order valence-corrected chi connectivity index (χ0v) is 28.2. The predicted molar refractivity (Wildman–Crippen MR) is 173 cm³/mol. The van der Waals surface area contributed by atoms with Crippen molar-refractivity contribution in [3.63, 3.8) is 0 Å². The summed E-state index contributed by atoms with van der Waals surface area (Å²) in [4.78, 5) is 47.0. The van der Waals surface area contributed by atoms with Crippen LogP contribution in [0.5, 0.6) is 5.75 Å². The van der Waals surface area contributed by atoms with Crippen LogP contribution < -0.4 is 4.74 Å². The van der Waals surface area contributed by atoms with Gasteiger partial charge in [0.25, 0.3) is 0 Å². The summed E-state index contributed by atoms with van der Waals surface area (Å²) in [6, 6.07) is 7.14. The number of fused-ring (bicyclic) bond motifs is 1. The Morgan fingerprint density at radius 2 is 1.89 bits per heavy atom. The van der Waals surface area contributed by atoms with E-state index in [1.807, 2.05) is 44.0 Å². The van der Waals surface area contributed by atoms with Crippen molar-refractivity contribution in [2.24, 2.45) is 16.7 Å². The SMILES string of the molecule is CCCC(C)(CC)[C@@H]1C[C@@H]2OC3=C(C(=O)CC(C)(C)C3)[C@H](c3c(OC)ccc(-c4cc(C)cc(C(=O)O)n4)c3C)[C@H]2C(=O)N1C. The molecule has 0 spiro atoms. The second-order valence-electron chi connectivity index (χ2n) is 14.5. The number of Topliss-reactive ketones (excluding diaryl/α,β-unsaturated/α-hetero) is 1. The van der Waals surface area contributed by atoms with Gasteiger partial charge < -0.3 is 19.5 Å². The first-order valence-electron chi connectivity index (χ1n) is 16.3. The molecule has 0 bridgehead atoms. The highest BCUT2D eigenvalue weighted by molar-refractivity contribution is 6.01. The van der Waals surface area contributed by atoms with Gasteiger partial charge in [-0.15, -0.1) is 0 Å². The number of benzene rings is 1. The molecule has 242 valence electrons. The fraction of sp³-hybridized carbons (Fsp3) is 0.568. The number of carboxylic acid groups (broad SMARTS) is 1. The number of aryl methyl sites for hydroxylation is 1. The summed E-state index contributed by atoms with van der Waals surface area (Å²) in [6.45, 7) is 14.6. The summed E-state index contributed by atoms with van der Waals surface area (Å²) in [7, 11) is 3.51. The van der Waals surface area contributed by atoms with Crippen molar-refractivity contribution < 1.29 is 29.0 Å². The largest absolute Gasteiger partial charge is 0.496 e. The van der Waals surface area contributed by atoms with E-state index in [0.717, 1.165) is 41.5 Å². The average molecular weight is 617 g/mol. The van der Waals surface area contributed by atoms with Gasteiger partial charge in [-0.25, -0.2) is 9.78 Å². The minimum absolute atomic E-state index is 0.000330. The number of aromatic nitrogens is 1. The normalized spacial score (nSPS) is 25.7. The number of methoxy groups -OCH3 is 1. The van der Waals surface area contributed by atoms with Gasteiger partial charge in [0.1, 0.15) is 23.3 Å². The van der Waals surface area contributed by atoms with Crippen LogP contribution in [0.25, 0.3) is 11.3 Å². The van der Waals surface area contributed by atoms with E-state index in [4.69, 9.17) is 9.47 Å². The second kappa shape index (κ2) is 11.9. The molecule has 5 rings (SSSR count). The van der Waals surface area contributed by atoms with E-state index in [2.05, 4.69) is 39.6 Å². The molecule has 45 heavy (non-hydrogen) atoms. The van der Waals surface area contributed by atoms with Crippen LogP contribution in [0.4, 0.5) is 0 Å². The number of allylic oxidation sites excluding steroid dienone is 2. The highest BCUT2D eigenvalue weighted by Crippen LogP contribution is 2.56. The van der Waals surface area contributed by atoms with Crippen molar-refractivity contribution in [3.8, 4) is 17.0 Å². The van der Waals surface area contributed by atoms with E-state index in [1.165, 1.54) is 0 Å². The van der Waals surface area contributed by atoms with Gasteiger partial charge in [0, 0.05) is 55.0 Å². The Kier molecular flexibility index (Phi) is 8.66. The molecule has 1 aromatic heterocycles. The third kappa shape index (κ3) is 5.66. The Morgan fingerprint density at radius 1 is 1.18 bits per heavy atom. The molecule has 3 heterocycles. The van der Waals surface area contributed by atoms with Crippen LogP contribution >= 0.6 is 0 Å². The summed E-state index contributed by atoms with van der Waals surface area (Å²) in [6.07, 6.45) is 4.24. The number of piperidine rings is 1. The highest BCUT2D eigenvalue weighted by atomic mass is 16.5. The predicted octanol–water partition coefficient (Wildman–Crippen LogP) is 7.26. The molecule has 1 aliphatic carbocycles. The number of carbonyl (C=O) groups is 3. The molecule has 1 N–H and O–H groups in total. The first kappa shape index (κ1) is 32.7. The molecular formula is C37H48N2O6. The van der Waals surface area contributed by atoms with Gasteiger partial charge >= 0.3 is 5.97 Å². The maximum Gasteiger partial charge on any atom is 0.354 e. The number of carbonyl (C=O) groups excluding carboxylic acids is 2. The molecule has 1 saturated heterocycles. The standard InChI is InChI=1S/C37H48N2O6/c1-10-14-37(7,11-2)29-17-27-32(34(41)39(29)8)33(31-25(40)18-36(5,6)19-28(31)45-27)30-21(4)22(12-13-26(30)44-9)23-15-20(3)16-24(38-23)35(42)43/h12-13,15-16,27,29,32-33H,10-11,14,17-19H2,1-9H3,(H,42,43)/t27-,29-,32-,33-,37?/m0/s1. The van der Waals surface area contributed by atoms with Crippen molar-refractivity contribution in [1.29, 1.82) is 0 Å². The van der Waals surface area contributed by atoms with Crippen LogP contribution in [0, 0.1) is 30.6 Å².